The van der Waals surface area contributed by atoms with Gasteiger partial charge in [0.05, 0.1) is 12.1 Å². The summed E-state index contributed by atoms with van der Waals surface area (Å²) in [6.45, 7) is 1.15. The van der Waals surface area contributed by atoms with Crippen molar-refractivity contribution in [2.45, 2.75) is 25.2 Å². The summed E-state index contributed by atoms with van der Waals surface area (Å²) < 4.78 is 24.4. The van der Waals surface area contributed by atoms with E-state index in [1.807, 2.05) is 24.3 Å². The van der Waals surface area contributed by atoms with Gasteiger partial charge in [-0.2, -0.15) is 0 Å². The molecule has 0 unspecified atom stereocenters. The van der Waals surface area contributed by atoms with E-state index < -0.39 is 0 Å². The number of nitrogens with zero attached hydrogens (tertiary/aromatic N) is 2. The molecule has 2 aromatic carbocycles. The Bertz CT molecular complexity index is 988. The normalized spacial score (nSPS) is 16.5. The summed E-state index contributed by atoms with van der Waals surface area (Å²) in [5.41, 5.74) is 1.10. The number of carbonyl (C=O) groups is 1. The van der Waals surface area contributed by atoms with Gasteiger partial charge in [-0.05, 0) is 54.8 Å². The SMILES string of the molecule is O=C(COc1ccc(F)cc1)N1CCC[C@H](c2ncc(Cc3ccc(Cl)cc3)o2)C1. The molecule has 1 aromatic heterocycles. The van der Waals surface area contributed by atoms with Crippen molar-refractivity contribution >= 4 is 17.5 Å². The van der Waals surface area contributed by atoms with Crippen molar-refractivity contribution < 1.29 is 18.3 Å². The Morgan fingerprint density at radius 2 is 1.97 bits per heavy atom. The fourth-order valence-electron chi connectivity index (χ4n) is 3.57. The average Bonchev–Trinajstić information content (AvgIpc) is 3.23. The van der Waals surface area contributed by atoms with Gasteiger partial charge in [-0.3, -0.25) is 4.79 Å². The number of halogens is 2. The molecule has 2 heterocycles. The number of ether oxygens (including phenoxy) is 1. The number of oxazole rings is 1. The van der Waals surface area contributed by atoms with Crippen LogP contribution in [-0.2, 0) is 11.2 Å². The van der Waals surface area contributed by atoms with E-state index in [-0.39, 0.29) is 24.2 Å². The van der Waals surface area contributed by atoms with E-state index in [1.54, 1.807) is 11.1 Å². The molecule has 0 saturated carbocycles. The highest BCUT2D eigenvalue weighted by molar-refractivity contribution is 6.30. The van der Waals surface area contributed by atoms with E-state index in [0.717, 1.165) is 24.2 Å². The molecule has 7 heteroatoms. The molecule has 1 aliphatic heterocycles. The summed E-state index contributed by atoms with van der Waals surface area (Å²) in [6.07, 6.45) is 4.19. The van der Waals surface area contributed by atoms with Gasteiger partial charge < -0.3 is 14.1 Å². The number of likely N-dealkylation sites (tertiary alicyclic amines) is 1. The number of piperidine rings is 1. The minimum Gasteiger partial charge on any atom is -0.484 e. The molecule has 0 spiro atoms. The van der Waals surface area contributed by atoms with Gasteiger partial charge in [-0.1, -0.05) is 23.7 Å². The first-order valence-electron chi connectivity index (χ1n) is 9.92. The Kier molecular flexibility index (Phi) is 6.33. The summed E-state index contributed by atoms with van der Waals surface area (Å²) in [5, 5.41) is 0.701. The molecular formula is C23H22ClFN2O3. The molecule has 0 bridgehead atoms. The quantitative estimate of drug-likeness (QED) is 0.563. The van der Waals surface area contributed by atoms with Crippen molar-refractivity contribution in [2.75, 3.05) is 19.7 Å². The van der Waals surface area contributed by atoms with Crippen LogP contribution in [0.5, 0.6) is 5.75 Å². The van der Waals surface area contributed by atoms with Gasteiger partial charge in [0.15, 0.2) is 12.5 Å². The van der Waals surface area contributed by atoms with E-state index in [4.69, 9.17) is 20.8 Å². The Morgan fingerprint density at radius 3 is 2.73 bits per heavy atom. The lowest BCUT2D eigenvalue weighted by atomic mass is 9.98. The van der Waals surface area contributed by atoms with Crippen molar-refractivity contribution in [1.29, 1.82) is 0 Å². The van der Waals surface area contributed by atoms with Gasteiger partial charge in [0.25, 0.3) is 5.91 Å². The molecule has 3 aromatic rings. The Hall–Kier alpha value is -2.86. The van der Waals surface area contributed by atoms with Crippen LogP contribution >= 0.6 is 11.6 Å². The fourth-order valence-corrected chi connectivity index (χ4v) is 3.69. The Morgan fingerprint density at radius 1 is 1.20 bits per heavy atom. The monoisotopic (exact) mass is 428 g/mol. The number of hydrogen-bond donors (Lipinski definition) is 0. The molecule has 1 aliphatic rings. The minimum absolute atomic E-state index is 0.0625. The van der Waals surface area contributed by atoms with Gasteiger partial charge in [0.2, 0.25) is 0 Å². The predicted octanol–water partition coefficient (Wildman–Crippen LogP) is 4.84. The third kappa shape index (κ3) is 5.19. The highest BCUT2D eigenvalue weighted by Crippen LogP contribution is 2.27. The van der Waals surface area contributed by atoms with E-state index in [2.05, 4.69) is 4.98 Å². The molecule has 1 fully saturated rings. The van der Waals surface area contributed by atoms with Crippen molar-refractivity contribution in [3.63, 3.8) is 0 Å². The first-order chi connectivity index (χ1) is 14.6. The lowest BCUT2D eigenvalue weighted by Gasteiger charge is -2.31. The van der Waals surface area contributed by atoms with E-state index in [9.17, 15) is 9.18 Å². The molecule has 0 radical (unpaired) electrons. The number of amides is 1. The zero-order valence-electron chi connectivity index (χ0n) is 16.4. The van der Waals surface area contributed by atoms with Crippen LogP contribution in [0.1, 0.15) is 36.0 Å². The van der Waals surface area contributed by atoms with Gasteiger partial charge in [0.1, 0.15) is 17.3 Å². The standard InChI is InChI=1S/C23H22ClFN2O3/c24-18-5-3-16(4-6-18)12-21-13-26-23(30-21)17-2-1-11-27(14-17)22(28)15-29-20-9-7-19(25)8-10-20/h3-10,13,17H,1-2,11-12,14-15H2/t17-/m0/s1. The third-order valence-corrected chi connectivity index (χ3v) is 5.41. The van der Waals surface area contributed by atoms with Crippen LogP contribution in [0, 0.1) is 5.82 Å². The highest BCUT2D eigenvalue weighted by atomic mass is 35.5. The molecular weight excluding hydrogens is 407 g/mol. The topological polar surface area (TPSA) is 55.6 Å². The molecule has 0 aliphatic carbocycles. The second-order valence-electron chi connectivity index (χ2n) is 7.39. The van der Waals surface area contributed by atoms with E-state index in [0.29, 0.717) is 36.2 Å². The molecule has 4 rings (SSSR count). The maximum atomic E-state index is 13.0. The van der Waals surface area contributed by atoms with Crippen molar-refractivity contribution in [3.05, 3.63) is 82.8 Å². The second-order valence-corrected chi connectivity index (χ2v) is 7.83. The lowest BCUT2D eigenvalue weighted by Crippen LogP contribution is -2.41. The van der Waals surface area contributed by atoms with Crippen molar-refractivity contribution in [2.24, 2.45) is 0 Å². The summed E-state index contributed by atoms with van der Waals surface area (Å²) >= 11 is 5.93. The van der Waals surface area contributed by atoms with Crippen LogP contribution in [0.3, 0.4) is 0 Å². The van der Waals surface area contributed by atoms with Crippen molar-refractivity contribution in [3.8, 4) is 5.75 Å². The zero-order valence-corrected chi connectivity index (χ0v) is 17.1. The van der Waals surface area contributed by atoms with Gasteiger partial charge in [-0.15, -0.1) is 0 Å². The second kappa shape index (κ2) is 9.30. The van der Waals surface area contributed by atoms with Gasteiger partial charge in [-0.25, -0.2) is 9.37 Å². The van der Waals surface area contributed by atoms with E-state index >= 15 is 0 Å². The molecule has 1 saturated heterocycles. The maximum Gasteiger partial charge on any atom is 0.260 e. The van der Waals surface area contributed by atoms with Crippen LogP contribution in [0.2, 0.25) is 5.02 Å². The first-order valence-corrected chi connectivity index (χ1v) is 10.3. The summed E-state index contributed by atoms with van der Waals surface area (Å²) in [7, 11) is 0. The van der Waals surface area contributed by atoms with Crippen LogP contribution in [-0.4, -0.2) is 35.5 Å². The molecule has 156 valence electrons. The smallest absolute Gasteiger partial charge is 0.260 e. The molecule has 1 amide bonds. The van der Waals surface area contributed by atoms with E-state index in [1.165, 1.54) is 24.3 Å². The lowest BCUT2D eigenvalue weighted by molar-refractivity contribution is -0.134. The maximum absolute atomic E-state index is 13.0. The summed E-state index contributed by atoms with van der Waals surface area (Å²) in [5.74, 6) is 1.54. The minimum atomic E-state index is -0.339. The predicted molar refractivity (Wildman–Crippen MR) is 111 cm³/mol. The Balaban J connectivity index is 1.33. The van der Waals surface area contributed by atoms with Crippen LogP contribution in [0.15, 0.2) is 59.1 Å². The number of carbonyl (C=O) groups excluding carboxylic acids is 1. The van der Waals surface area contributed by atoms with Crippen LogP contribution in [0.4, 0.5) is 4.39 Å². The molecule has 0 N–H and O–H groups in total. The zero-order chi connectivity index (χ0) is 20.9. The van der Waals surface area contributed by atoms with Crippen molar-refractivity contribution in [1.82, 2.24) is 9.88 Å². The molecule has 5 nitrogen and oxygen atoms in total. The fraction of sp³-hybridized carbons (Fsp3) is 0.304. The number of rotatable bonds is 6. The molecule has 30 heavy (non-hydrogen) atoms. The van der Waals surface area contributed by atoms with Gasteiger partial charge in [0, 0.05) is 24.5 Å². The number of benzene rings is 2. The number of aromatic nitrogens is 1. The Labute approximate surface area is 179 Å². The number of hydrogen-bond acceptors (Lipinski definition) is 4. The van der Waals surface area contributed by atoms with Crippen LogP contribution < -0.4 is 4.74 Å². The van der Waals surface area contributed by atoms with Crippen LogP contribution in [0.25, 0.3) is 0 Å². The average molecular weight is 429 g/mol. The first kappa shape index (κ1) is 20.4. The summed E-state index contributed by atoms with van der Waals surface area (Å²) in [4.78, 5) is 18.8. The van der Waals surface area contributed by atoms with Gasteiger partial charge >= 0.3 is 0 Å². The molecule has 1 atom stereocenters. The highest BCUT2D eigenvalue weighted by Gasteiger charge is 2.28. The third-order valence-electron chi connectivity index (χ3n) is 5.16. The summed E-state index contributed by atoms with van der Waals surface area (Å²) in [6, 6.07) is 13.3. The largest absolute Gasteiger partial charge is 0.484 e.